The summed E-state index contributed by atoms with van der Waals surface area (Å²) in [6.07, 6.45) is 5.74. The number of aromatic nitrogens is 1. The first-order chi connectivity index (χ1) is 7.69. The van der Waals surface area contributed by atoms with E-state index in [9.17, 15) is 0 Å². The number of allylic oxidation sites excluding steroid dienone is 1. The van der Waals surface area contributed by atoms with Gasteiger partial charge in [0, 0.05) is 26.3 Å². The summed E-state index contributed by atoms with van der Waals surface area (Å²) in [7, 11) is 1.99. The van der Waals surface area contributed by atoms with Crippen molar-refractivity contribution in [1.29, 1.82) is 0 Å². The van der Waals surface area contributed by atoms with Crippen molar-refractivity contribution in [3.63, 3.8) is 0 Å². The lowest BCUT2D eigenvalue weighted by Gasteiger charge is -2.19. The van der Waals surface area contributed by atoms with Crippen LogP contribution in [0.15, 0.2) is 24.9 Å². The van der Waals surface area contributed by atoms with Crippen molar-refractivity contribution in [3.05, 3.63) is 35.5 Å². The Kier molecular flexibility index (Phi) is 5.29. The lowest BCUT2D eigenvalue weighted by molar-refractivity contribution is 0.791. The van der Waals surface area contributed by atoms with E-state index in [1.807, 2.05) is 24.1 Å². The molecular weight excluding hydrogens is 222 g/mol. The van der Waals surface area contributed by atoms with E-state index in [1.54, 1.807) is 6.20 Å². The van der Waals surface area contributed by atoms with Gasteiger partial charge in [0.15, 0.2) is 0 Å². The Morgan fingerprint density at radius 3 is 2.94 bits per heavy atom. The summed E-state index contributed by atoms with van der Waals surface area (Å²) in [5.41, 5.74) is 6.47. The van der Waals surface area contributed by atoms with Gasteiger partial charge in [-0.1, -0.05) is 17.7 Å². The van der Waals surface area contributed by atoms with Crippen molar-refractivity contribution in [1.82, 2.24) is 4.98 Å². The van der Waals surface area contributed by atoms with Gasteiger partial charge in [0.25, 0.3) is 0 Å². The lowest BCUT2D eigenvalue weighted by atomic mass is 10.2. The predicted octanol–water partition coefficient (Wildman–Crippen LogP) is 2.60. The Labute approximate surface area is 102 Å². The van der Waals surface area contributed by atoms with Crippen LogP contribution in [-0.2, 0) is 6.54 Å². The molecule has 0 saturated heterocycles. The zero-order valence-corrected chi connectivity index (χ0v) is 10.4. The van der Waals surface area contributed by atoms with E-state index in [4.69, 9.17) is 17.3 Å². The second-order valence-electron chi connectivity index (χ2n) is 3.71. The number of unbranched alkanes of at least 4 members (excludes halogenated alkanes) is 1. The number of rotatable bonds is 6. The molecule has 0 bridgehead atoms. The smallest absolute Gasteiger partial charge is 0.147 e. The number of anilines is 1. The summed E-state index contributed by atoms with van der Waals surface area (Å²) in [6.45, 7) is 5.08. The average molecular weight is 240 g/mol. The van der Waals surface area contributed by atoms with Crippen LogP contribution in [0.25, 0.3) is 0 Å². The molecule has 0 aliphatic rings. The van der Waals surface area contributed by atoms with Crippen LogP contribution in [0.1, 0.15) is 18.4 Å². The summed E-state index contributed by atoms with van der Waals surface area (Å²) in [6, 6.07) is 1.87. The summed E-state index contributed by atoms with van der Waals surface area (Å²) in [5.74, 6) is 0.808. The second-order valence-corrected chi connectivity index (χ2v) is 4.11. The van der Waals surface area contributed by atoms with Crippen molar-refractivity contribution in [2.45, 2.75) is 19.4 Å². The Morgan fingerprint density at radius 1 is 1.62 bits per heavy atom. The molecule has 0 aliphatic heterocycles. The molecule has 1 rings (SSSR count). The lowest BCUT2D eigenvalue weighted by Crippen LogP contribution is -2.20. The maximum atomic E-state index is 6.14. The molecule has 0 spiro atoms. The van der Waals surface area contributed by atoms with Crippen LogP contribution in [-0.4, -0.2) is 18.6 Å². The maximum absolute atomic E-state index is 6.14. The topological polar surface area (TPSA) is 42.2 Å². The number of hydrogen-bond acceptors (Lipinski definition) is 3. The normalized spacial score (nSPS) is 10.2. The van der Waals surface area contributed by atoms with Gasteiger partial charge in [0.2, 0.25) is 0 Å². The Hall–Kier alpha value is -1.06. The quantitative estimate of drug-likeness (QED) is 0.613. The Bertz CT molecular complexity index is 352. The van der Waals surface area contributed by atoms with Crippen LogP contribution in [0.3, 0.4) is 0 Å². The highest BCUT2D eigenvalue weighted by Crippen LogP contribution is 2.23. The van der Waals surface area contributed by atoms with E-state index in [1.165, 1.54) is 0 Å². The van der Waals surface area contributed by atoms with Crippen molar-refractivity contribution in [3.8, 4) is 0 Å². The first-order valence-electron chi connectivity index (χ1n) is 5.35. The largest absolute Gasteiger partial charge is 0.358 e. The molecule has 0 saturated carbocycles. The fraction of sp³-hybridized carbons (Fsp3) is 0.417. The number of halogens is 1. The van der Waals surface area contributed by atoms with E-state index in [2.05, 4.69) is 11.6 Å². The molecule has 4 heteroatoms. The van der Waals surface area contributed by atoms with Crippen LogP contribution < -0.4 is 10.6 Å². The molecule has 0 aliphatic carbocycles. The van der Waals surface area contributed by atoms with Crippen LogP contribution in [0, 0.1) is 0 Å². The SMILES string of the molecule is C=CCCCN(C)c1ncc(CN)cc1Cl. The highest BCUT2D eigenvalue weighted by atomic mass is 35.5. The minimum absolute atomic E-state index is 0.465. The van der Waals surface area contributed by atoms with Crippen molar-refractivity contribution >= 4 is 17.4 Å². The van der Waals surface area contributed by atoms with Gasteiger partial charge in [-0.25, -0.2) is 4.98 Å². The summed E-state index contributed by atoms with van der Waals surface area (Å²) in [5, 5.41) is 0.657. The molecular formula is C12H18ClN3. The van der Waals surface area contributed by atoms with Crippen molar-refractivity contribution in [2.75, 3.05) is 18.5 Å². The van der Waals surface area contributed by atoms with E-state index in [0.717, 1.165) is 30.8 Å². The molecule has 0 aromatic carbocycles. The first-order valence-corrected chi connectivity index (χ1v) is 5.73. The second kappa shape index (κ2) is 6.51. The van der Waals surface area contributed by atoms with Crippen molar-refractivity contribution in [2.24, 2.45) is 5.73 Å². The number of pyridine rings is 1. The molecule has 0 fully saturated rings. The summed E-state index contributed by atoms with van der Waals surface area (Å²) < 4.78 is 0. The Morgan fingerprint density at radius 2 is 2.38 bits per heavy atom. The third-order valence-electron chi connectivity index (χ3n) is 2.38. The zero-order valence-electron chi connectivity index (χ0n) is 9.62. The number of nitrogens with two attached hydrogens (primary N) is 1. The first kappa shape index (κ1) is 13.0. The standard InChI is InChI=1S/C12H18ClN3/c1-3-4-5-6-16(2)12-11(13)7-10(8-14)9-15-12/h3,7,9H,1,4-6,8,14H2,2H3. The molecule has 0 unspecified atom stereocenters. The molecule has 3 nitrogen and oxygen atoms in total. The summed E-state index contributed by atoms with van der Waals surface area (Å²) >= 11 is 6.14. The number of hydrogen-bond donors (Lipinski definition) is 1. The molecule has 1 heterocycles. The van der Waals surface area contributed by atoms with E-state index < -0.39 is 0 Å². The highest BCUT2D eigenvalue weighted by molar-refractivity contribution is 6.33. The van der Waals surface area contributed by atoms with Crippen LogP contribution in [0.2, 0.25) is 5.02 Å². The molecule has 1 aromatic rings. The molecule has 0 atom stereocenters. The third kappa shape index (κ3) is 3.51. The highest BCUT2D eigenvalue weighted by Gasteiger charge is 2.07. The molecule has 2 N–H and O–H groups in total. The van der Waals surface area contributed by atoms with Gasteiger partial charge in [0.1, 0.15) is 5.82 Å². The van der Waals surface area contributed by atoms with Gasteiger partial charge < -0.3 is 10.6 Å². The van der Waals surface area contributed by atoms with Crippen molar-refractivity contribution < 1.29 is 0 Å². The maximum Gasteiger partial charge on any atom is 0.147 e. The minimum Gasteiger partial charge on any atom is -0.358 e. The van der Waals surface area contributed by atoms with Gasteiger partial charge in [-0.3, -0.25) is 0 Å². The molecule has 0 amide bonds. The summed E-state index contributed by atoms with van der Waals surface area (Å²) in [4.78, 5) is 6.36. The Balaban J connectivity index is 2.67. The van der Waals surface area contributed by atoms with Gasteiger partial charge in [-0.2, -0.15) is 0 Å². The zero-order chi connectivity index (χ0) is 12.0. The van der Waals surface area contributed by atoms with Gasteiger partial charge in [-0.05, 0) is 24.5 Å². The van der Waals surface area contributed by atoms with Gasteiger partial charge in [-0.15, -0.1) is 6.58 Å². The van der Waals surface area contributed by atoms with Crippen LogP contribution in [0.4, 0.5) is 5.82 Å². The van der Waals surface area contributed by atoms with E-state index in [-0.39, 0.29) is 0 Å². The fourth-order valence-electron chi connectivity index (χ4n) is 1.44. The third-order valence-corrected chi connectivity index (χ3v) is 2.66. The fourth-order valence-corrected chi connectivity index (χ4v) is 1.77. The van der Waals surface area contributed by atoms with Gasteiger partial charge in [0.05, 0.1) is 5.02 Å². The minimum atomic E-state index is 0.465. The van der Waals surface area contributed by atoms with Gasteiger partial charge >= 0.3 is 0 Å². The van der Waals surface area contributed by atoms with Crippen LogP contribution >= 0.6 is 11.6 Å². The number of nitrogens with zero attached hydrogens (tertiary/aromatic N) is 2. The monoisotopic (exact) mass is 239 g/mol. The molecule has 16 heavy (non-hydrogen) atoms. The molecule has 0 radical (unpaired) electrons. The van der Waals surface area contributed by atoms with E-state index in [0.29, 0.717) is 11.6 Å². The predicted molar refractivity (Wildman–Crippen MR) is 69.8 cm³/mol. The average Bonchev–Trinajstić information content (AvgIpc) is 2.29. The van der Waals surface area contributed by atoms with E-state index >= 15 is 0 Å². The molecule has 88 valence electrons. The molecule has 1 aromatic heterocycles. The van der Waals surface area contributed by atoms with Crippen LogP contribution in [0.5, 0.6) is 0 Å².